The predicted molar refractivity (Wildman–Crippen MR) is 134 cm³/mol. The van der Waals surface area contributed by atoms with Gasteiger partial charge in [-0.25, -0.2) is 8.42 Å². The van der Waals surface area contributed by atoms with Gasteiger partial charge in [0.2, 0.25) is 10.0 Å². The van der Waals surface area contributed by atoms with Crippen LogP contribution >= 0.6 is 69.9 Å². The van der Waals surface area contributed by atoms with E-state index in [9.17, 15) is 13.0 Å². The molecule has 0 aliphatic rings. The summed E-state index contributed by atoms with van der Waals surface area (Å²) in [6.45, 7) is 2.95. The number of halogens is 5. The second-order valence-corrected chi connectivity index (χ2v) is 13.9. The monoisotopic (exact) mass is 625 g/mol. The van der Waals surface area contributed by atoms with Gasteiger partial charge >= 0.3 is 7.60 Å². The number of rotatable bonds is 11. The Morgan fingerprint density at radius 3 is 1.97 bits per heavy atom. The van der Waals surface area contributed by atoms with Crippen molar-refractivity contribution in [2.75, 3.05) is 13.2 Å². The van der Waals surface area contributed by atoms with E-state index in [4.69, 9.17) is 55.5 Å². The first-order valence-corrected chi connectivity index (χ1v) is 14.8. The second kappa shape index (κ2) is 12.2. The zero-order valence-corrected chi connectivity index (χ0v) is 23.3. The van der Waals surface area contributed by atoms with E-state index < -0.39 is 34.2 Å². The third-order valence-electron chi connectivity index (χ3n) is 3.93. The molecule has 0 aliphatic heterocycles. The maximum Gasteiger partial charge on any atom is 0.353 e. The molecule has 0 radical (unpaired) electrons. The summed E-state index contributed by atoms with van der Waals surface area (Å²) < 4.78 is 54.4. The molecule has 0 fully saturated rings. The van der Waals surface area contributed by atoms with Crippen LogP contribution in [-0.2, 0) is 23.6 Å². The smallest absolute Gasteiger partial charge is 0.306 e. The molecular formula is C19H21BrCl4NO5PS. The molecule has 2 rings (SSSR count). The summed E-state index contributed by atoms with van der Waals surface area (Å²) in [4.78, 5) is -0.0475. The Morgan fingerprint density at radius 2 is 1.50 bits per heavy atom. The number of hydrogen-bond acceptors (Lipinski definition) is 5. The van der Waals surface area contributed by atoms with E-state index in [0.717, 1.165) is 0 Å². The molecule has 178 valence electrons. The number of nitrogens with one attached hydrogen (secondary N) is 1. The second-order valence-electron chi connectivity index (χ2n) is 6.84. The molecule has 0 saturated carbocycles. The Bertz CT molecular complexity index is 1050. The highest BCUT2D eigenvalue weighted by molar-refractivity contribution is 9.10. The molecule has 13 heteroatoms. The van der Waals surface area contributed by atoms with E-state index in [-0.39, 0.29) is 33.7 Å². The highest BCUT2D eigenvalue weighted by atomic mass is 79.9. The lowest BCUT2D eigenvalue weighted by atomic mass is 10.2. The lowest BCUT2D eigenvalue weighted by Crippen LogP contribution is -2.30. The van der Waals surface area contributed by atoms with Crippen LogP contribution in [0.3, 0.4) is 0 Å². The zero-order valence-electron chi connectivity index (χ0n) is 17.0. The van der Waals surface area contributed by atoms with Gasteiger partial charge < -0.3 is 9.05 Å². The average molecular weight is 628 g/mol. The zero-order chi connectivity index (χ0) is 24.1. The fraction of sp³-hybridized carbons (Fsp3) is 0.368. The Kier molecular flexibility index (Phi) is 10.8. The summed E-state index contributed by atoms with van der Waals surface area (Å²) in [7, 11) is -8.34. The first kappa shape index (κ1) is 28.4. The third kappa shape index (κ3) is 8.12. The number of alkyl halides is 2. The van der Waals surface area contributed by atoms with Crippen molar-refractivity contribution in [2.24, 2.45) is 0 Å². The highest BCUT2D eigenvalue weighted by Gasteiger charge is 2.41. The topological polar surface area (TPSA) is 81.7 Å². The van der Waals surface area contributed by atoms with Gasteiger partial charge in [-0.15, -0.1) is 23.2 Å². The number of sulfonamides is 1. The highest BCUT2D eigenvalue weighted by Crippen LogP contribution is 2.60. The van der Waals surface area contributed by atoms with E-state index >= 15 is 0 Å². The van der Waals surface area contributed by atoms with Crippen molar-refractivity contribution in [3.8, 4) is 0 Å². The molecular weight excluding hydrogens is 607 g/mol. The summed E-state index contributed by atoms with van der Waals surface area (Å²) in [5.41, 5.74) is 0.230. The van der Waals surface area contributed by atoms with Crippen LogP contribution in [0.4, 0.5) is 0 Å². The van der Waals surface area contributed by atoms with Gasteiger partial charge in [-0.3, -0.25) is 4.57 Å². The van der Waals surface area contributed by atoms with Crippen molar-refractivity contribution in [3.63, 3.8) is 0 Å². The van der Waals surface area contributed by atoms with Crippen molar-refractivity contribution >= 4 is 80.0 Å². The minimum absolute atomic E-state index is 0.0475. The summed E-state index contributed by atoms with van der Waals surface area (Å²) in [6, 6.07) is 10.3. The Hall–Kier alpha value is 0.140. The van der Waals surface area contributed by atoms with Gasteiger partial charge in [0, 0.05) is 4.47 Å². The normalized spacial score (nSPS) is 16.8. The van der Waals surface area contributed by atoms with Gasteiger partial charge in [-0.1, -0.05) is 45.2 Å². The molecule has 0 heterocycles. The average Bonchev–Trinajstić information content (AvgIpc) is 2.71. The molecule has 6 nitrogen and oxygen atoms in total. The Labute approximate surface area is 216 Å². The standard InChI is InChI=1S/C19H21BrCl4NO5PS/c1-12(21)10-29-31(26,30-11-13(2)22)19(14-3-8-17(23)18(24)9-14)25-32(27,28)16-6-4-15(20)5-7-16/h3-9,12-13,19,25H,10-11H2,1-2H3. The number of benzene rings is 2. The van der Waals surface area contributed by atoms with Gasteiger partial charge in [0.15, 0.2) is 0 Å². The maximum atomic E-state index is 13.9. The van der Waals surface area contributed by atoms with Gasteiger partial charge in [-0.2, -0.15) is 4.72 Å². The summed E-state index contributed by atoms with van der Waals surface area (Å²) in [5.74, 6) is -1.45. The molecule has 0 amide bonds. The van der Waals surface area contributed by atoms with E-state index in [0.29, 0.717) is 4.47 Å². The van der Waals surface area contributed by atoms with Crippen LogP contribution in [0, 0.1) is 0 Å². The van der Waals surface area contributed by atoms with Gasteiger partial charge in [0.05, 0.1) is 38.9 Å². The fourth-order valence-corrected chi connectivity index (χ4v) is 7.05. The fourth-order valence-electron chi connectivity index (χ4n) is 2.43. The predicted octanol–water partition coefficient (Wildman–Crippen LogP) is 7.21. The van der Waals surface area contributed by atoms with Crippen LogP contribution in [0.15, 0.2) is 51.8 Å². The largest absolute Gasteiger partial charge is 0.353 e. The molecule has 2 aromatic rings. The third-order valence-corrected chi connectivity index (χ3v) is 9.15. The molecule has 0 spiro atoms. The molecule has 1 N–H and O–H groups in total. The minimum Gasteiger partial charge on any atom is -0.306 e. The minimum atomic E-state index is -4.19. The first-order chi connectivity index (χ1) is 14.8. The van der Waals surface area contributed by atoms with Crippen molar-refractivity contribution in [1.29, 1.82) is 0 Å². The Balaban J connectivity index is 2.57. The molecule has 3 unspecified atom stereocenters. The van der Waals surface area contributed by atoms with Crippen LogP contribution in [0.2, 0.25) is 10.0 Å². The van der Waals surface area contributed by atoms with Crippen molar-refractivity contribution in [3.05, 3.63) is 62.5 Å². The molecule has 32 heavy (non-hydrogen) atoms. The lowest BCUT2D eigenvalue weighted by molar-refractivity contribution is 0.197. The SMILES string of the molecule is CC(Cl)COP(=O)(OCC(C)Cl)C(NS(=O)(=O)c1ccc(Br)cc1)c1ccc(Cl)c(Cl)c1. The summed E-state index contributed by atoms with van der Waals surface area (Å²) in [5, 5.41) is -0.652. The lowest BCUT2D eigenvalue weighted by Gasteiger charge is -2.29. The van der Waals surface area contributed by atoms with Crippen LogP contribution in [0.1, 0.15) is 25.2 Å². The quantitative estimate of drug-likeness (QED) is 0.210. The molecule has 3 atom stereocenters. The van der Waals surface area contributed by atoms with Crippen LogP contribution < -0.4 is 4.72 Å². The van der Waals surface area contributed by atoms with Crippen LogP contribution in [0.5, 0.6) is 0 Å². The maximum absolute atomic E-state index is 13.9. The van der Waals surface area contributed by atoms with Crippen molar-refractivity contribution in [2.45, 2.75) is 35.3 Å². The van der Waals surface area contributed by atoms with Crippen molar-refractivity contribution in [1.82, 2.24) is 4.72 Å². The molecule has 0 saturated heterocycles. The van der Waals surface area contributed by atoms with E-state index in [1.54, 1.807) is 26.0 Å². The summed E-state index contributed by atoms with van der Waals surface area (Å²) >= 11 is 27.4. The molecule has 0 bridgehead atoms. The summed E-state index contributed by atoms with van der Waals surface area (Å²) in [6.07, 6.45) is 0. The van der Waals surface area contributed by atoms with Crippen LogP contribution in [-0.4, -0.2) is 32.4 Å². The first-order valence-electron chi connectivity index (χ1n) is 9.24. The van der Waals surface area contributed by atoms with Crippen LogP contribution in [0.25, 0.3) is 0 Å². The van der Waals surface area contributed by atoms with Gasteiger partial charge in [0.25, 0.3) is 0 Å². The van der Waals surface area contributed by atoms with Crippen molar-refractivity contribution < 1.29 is 22.0 Å². The van der Waals surface area contributed by atoms with E-state index in [1.165, 1.54) is 30.3 Å². The van der Waals surface area contributed by atoms with Gasteiger partial charge in [0.1, 0.15) is 5.78 Å². The van der Waals surface area contributed by atoms with E-state index in [1.807, 2.05) is 0 Å². The van der Waals surface area contributed by atoms with E-state index in [2.05, 4.69) is 20.7 Å². The molecule has 2 aromatic carbocycles. The number of hydrogen-bond donors (Lipinski definition) is 1. The van der Waals surface area contributed by atoms with Gasteiger partial charge in [-0.05, 0) is 55.8 Å². The molecule has 0 aliphatic carbocycles. The Morgan fingerprint density at radius 1 is 0.969 bits per heavy atom. The molecule has 0 aromatic heterocycles.